The molecule has 0 atom stereocenters. The van der Waals surface area contributed by atoms with Crippen LogP contribution in [0.3, 0.4) is 0 Å². The van der Waals surface area contributed by atoms with Gasteiger partial charge in [-0.25, -0.2) is 9.97 Å². The topological polar surface area (TPSA) is 25.8 Å². The average Bonchev–Trinajstić information content (AvgIpc) is 2.01. The standard InChI is InChI=1S/C11H18N2/c1-6-9-7-10(11(3,4)5)13-8(2)12-9/h7H,6H2,1-5H3. The van der Waals surface area contributed by atoms with Crippen molar-refractivity contribution in [3.63, 3.8) is 0 Å². The van der Waals surface area contributed by atoms with Crippen molar-refractivity contribution in [1.29, 1.82) is 0 Å². The molecule has 0 N–H and O–H groups in total. The number of aryl methyl sites for hydroxylation is 2. The van der Waals surface area contributed by atoms with Gasteiger partial charge in [-0.3, -0.25) is 0 Å². The van der Waals surface area contributed by atoms with Crippen LogP contribution in [0.25, 0.3) is 0 Å². The van der Waals surface area contributed by atoms with Gasteiger partial charge in [0.1, 0.15) is 5.82 Å². The first-order valence-corrected chi connectivity index (χ1v) is 4.78. The molecule has 0 aliphatic carbocycles. The second-order valence-corrected chi connectivity index (χ2v) is 4.40. The van der Waals surface area contributed by atoms with Crippen molar-refractivity contribution in [3.05, 3.63) is 23.3 Å². The van der Waals surface area contributed by atoms with Crippen LogP contribution < -0.4 is 0 Å². The Kier molecular flexibility index (Phi) is 2.69. The predicted molar refractivity (Wildman–Crippen MR) is 54.8 cm³/mol. The SMILES string of the molecule is CCc1cc(C(C)(C)C)nc(C)n1. The molecule has 2 heteroatoms. The molecule has 0 aliphatic heterocycles. The van der Waals surface area contributed by atoms with Gasteiger partial charge in [-0.05, 0) is 19.4 Å². The van der Waals surface area contributed by atoms with Gasteiger partial charge in [0.05, 0.1) is 0 Å². The van der Waals surface area contributed by atoms with E-state index in [0.29, 0.717) is 0 Å². The van der Waals surface area contributed by atoms with Gasteiger partial charge in [-0.1, -0.05) is 27.7 Å². The Morgan fingerprint density at radius 1 is 1.23 bits per heavy atom. The highest BCUT2D eigenvalue weighted by Gasteiger charge is 2.16. The number of rotatable bonds is 1. The van der Waals surface area contributed by atoms with Gasteiger partial charge in [0.2, 0.25) is 0 Å². The lowest BCUT2D eigenvalue weighted by molar-refractivity contribution is 0.562. The van der Waals surface area contributed by atoms with Crippen molar-refractivity contribution >= 4 is 0 Å². The summed E-state index contributed by atoms with van der Waals surface area (Å²) in [5.74, 6) is 0.879. The highest BCUT2D eigenvalue weighted by atomic mass is 14.9. The molecule has 0 saturated heterocycles. The fourth-order valence-electron chi connectivity index (χ4n) is 1.19. The van der Waals surface area contributed by atoms with E-state index in [4.69, 9.17) is 0 Å². The highest BCUT2D eigenvalue weighted by molar-refractivity contribution is 5.17. The second kappa shape index (κ2) is 3.44. The van der Waals surface area contributed by atoms with Crippen molar-refractivity contribution in [3.8, 4) is 0 Å². The zero-order chi connectivity index (χ0) is 10.1. The maximum absolute atomic E-state index is 4.44. The van der Waals surface area contributed by atoms with E-state index in [1.54, 1.807) is 0 Å². The maximum atomic E-state index is 4.44. The molecule has 2 nitrogen and oxygen atoms in total. The Morgan fingerprint density at radius 3 is 2.31 bits per heavy atom. The predicted octanol–water partition coefficient (Wildman–Crippen LogP) is 2.64. The minimum atomic E-state index is 0.123. The third kappa shape index (κ3) is 2.51. The number of hydrogen-bond donors (Lipinski definition) is 0. The van der Waals surface area contributed by atoms with Gasteiger partial charge < -0.3 is 0 Å². The lowest BCUT2D eigenvalue weighted by atomic mass is 9.91. The number of aromatic nitrogens is 2. The first kappa shape index (κ1) is 10.2. The van der Waals surface area contributed by atoms with Crippen molar-refractivity contribution in [2.45, 2.75) is 46.5 Å². The third-order valence-corrected chi connectivity index (χ3v) is 2.02. The Morgan fingerprint density at radius 2 is 1.85 bits per heavy atom. The summed E-state index contributed by atoms with van der Waals surface area (Å²) in [6.45, 7) is 10.6. The molecule has 0 amide bonds. The second-order valence-electron chi connectivity index (χ2n) is 4.40. The molecule has 0 radical (unpaired) electrons. The van der Waals surface area contributed by atoms with E-state index in [0.717, 1.165) is 23.6 Å². The number of nitrogens with zero attached hydrogens (tertiary/aromatic N) is 2. The van der Waals surface area contributed by atoms with Gasteiger partial charge in [-0.2, -0.15) is 0 Å². The van der Waals surface area contributed by atoms with Crippen LogP contribution in [-0.4, -0.2) is 9.97 Å². The molecule has 0 aromatic carbocycles. The fourth-order valence-corrected chi connectivity index (χ4v) is 1.19. The molecule has 1 rings (SSSR count). The summed E-state index contributed by atoms with van der Waals surface area (Å²) in [7, 11) is 0. The molecule has 1 aromatic heterocycles. The van der Waals surface area contributed by atoms with Gasteiger partial charge in [0.25, 0.3) is 0 Å². The van der Waals surface area contributed by atoms with E-state index in [-0.39, 0.29) is 5.41 Å². The summed E-state index contributed by atoms with van der Waals surface area (Å²) in [5, 5.41) is 0. The molecular weight excluding hydrogens is 160 g/mol. The molecule has 13 heavy (non-hydrogen) atoms. The van der Waals surface area contributed by atoms with E-state index < -0.39 is 0 Å². The molecule has 0 unspecified atom stereocenters. The zero-order valence-electron chi connectivity index (χ0n) is 9.18. The van der Waals surface area contributed by atoms with Crippen LogP contribution in [0.4, 0.5) is 0 Å². The van der Waals surface area contributed by atoms with Crippen molar-refractivity contribution < 1.29 is 0 Å². The Hall–Kier alpha value is -0.920. The van der Waals surface area contributed by atoms with Crippen molar-refractivity contribution in [2.24, 2.45) is 0 Å². The zero-order valence-corrected chi connectivity index (χ0v) is 9.18. The molecule has 0 fully saturated rings. The highest BCUT2D eigenvalue weighted by Crippen LogP contribution is 2.20. The number of hydrogen-bond acceptors (Lipinski definition) is 2. The van der Waals surface area contributed by atoms with Crippen LogP contribution in [0.1, 0.15) is 44.9 Å². The third-order valence-electron chi connectivity index (χ3n) is 2.02. The molecule has 0 aliphatic rings. The van der Waals surface area contributed by atoms with E-state index in [9.17, 15) is 0 Å². The Bertz CT molecular complexity index is 297. The smallest absolute Gasteiger partial charge is 0.125 e. The summed E-state index contributed by atoms with van der Waals surface area (Å²) in [6.07, 6.45) is 0.979. The Balaban J connectivity index is 3.16. The largest absolute Gasteiger partial charge is 0.238 e. The van der Waals surface area contributed by atoms with Gasteiger partial charge >= 0.3 is 0 Å². The van der Waals surface area contributed by atoms with E-state index in [1.165, 1.54) is 0 Å². The average molecular weight is 178 g/mol. The summed E-state index contributed by atoms with van der Waals surface area (Å²) in [5.41, 5.74) is 2.40. The van der Waals surface area contributed by atoms with Gasteiger partial charge in [-0.15, -0.1) is 0 Å². The first-order chi connectivity index (χ1) is 5.93. The lowest BCUT2D eigenvalue weighted by Gasteiger charge is -2.18. The minimum Gasteiger partial charge on any atom is -0.238 e. The first-order valence-electron chi connectivity index (χ1n) is 4.78. The quantitative estimate of drug-likeness (QED) is 0.660. The molecule has 1 aromatic rings. The molecule has 0 spiro atoms. The van der Waals surface area contributed by atoms with E-state index >= 15 is 0 Å². The summed E-state index contributed by atoms with van der Waals surface area (Å²) < 4.78 is 0. The summed E-state index contributed by atoms with van der Waals surface area (Å²) in [6, 6.07) is 2.10. The molecule has 0 saturated carbocycles. The van der Waals surface area contributed by atoms with Crippen LogP contribution in [0.5, 0.6) is 0 Å². The van der Waals surface area contributed by atoms with E-state index in [2.05, 4.69) is 43.7 Å². The van der Waals surface area contributed by atoms with Crippen LogP contribution in [0.15, 0.2) is 6.07 Å². The minimum absolute atomic E-state index is 0.123. The fraction of sp³-hybridized carbons (Fsp3) is 0.636. The van der Waals surface area contributed by atoms with Crippen LogP contribution in [0, 0.1) is 6.92 Å². The monoisotopic (exact) mass is 178 g/mol. The molecule has 72 valence electrons. The summed E-state index contributed by atoms with van der Waals surface area (Å²) >= 11 is 0. The molecule has 0 bridgehead atoms. The van der Waals surface area contributed by atoms with Crippen LogP contribution in [-0.2, 0) is 11.8 Å². The van der Waals surface area contributed by atoms with Crippen molar-refractivity contribution in [1.82, 2.24) is 9.97 Å². The van der Waals surface area contributed by atoms with Gasteiger partial charge in [0, 0.05) is 16.8 Å². The van der Waals surface area contributed by atoms with Gasteiger partial charge in [0.15, 0.2) is 0 Å². The van der Waals surface area contributed by atoms with E-state index in [1.807, 2.05) is 6.92 Å². The van der Waals surface area contributed by atoms with Crippen LogP contribution in [0.2, 0.25) is 0 Å². The molecule has 1 heterocycles. The normalized spacial score (nSPS) is 11.8. The Labute approximate surface area is 80.4 Å². The molecular formula is C11H18N2. The maximum Gasteiger partial charge on any atom is 0.125 e. The summed E-state index contributed by atoms with van der Waals surface area (Å²) in [4.78, 5) is 8.80. The van der Waals surface area contributed by atoms with Crippen molar-refractivity contribution in [2.75, 3.05) is 0 Å². The van der Waals surface area contributed by atoms with Crippen LogP contribution >= 0.6 is 0 Å². The lowest BCUT2D eigenvalue weighted by Crippen LogP contribution is -2.15.